The van der Waals surface area contributed by atoms with Gasteiger partial charge in [0.25, 0.3) is 20.2 Å². The molecule has 0 radical (unpaired) electrons. The molecule has 10 N–H and O–H groups in total. The van der Waals surface area contributed by atoms with Crippen molar-refractivity contribution in [3.05, 3.63) is 95.9 Å². The van der Waals surface area contributed by atoms with Gasteiger partial charge in [-0.25, -0.2) is 12.6 Å². The van der Waals surface area contributed by atoms with Gasteiger partial charge < -0.3 is 39.9 Å². The summed E-state index contributed by atoms with van der Waals surface area (Å²) in [5.41, 5.74) is 1.89. The van der Waals surface area contributed by atoms with Crippen LogP contribution in [0.5, 0.6) is 5.75 Å². The number of nitrogens with zero attached hydrogens (tertiary/aromatic N) is 8. The molecule has 0 fully saturated rings. The monoisotopic (exact) mass is 1030 g/mol. The zero-order chi connectivity index (χ0) is 46.4. The molecule has 1 aromatic heterocycles. The molecule has 0 aliphatic carbocycles. The molecule has 5 rings (SSSR count). The Bertz CT molecular complexity index is 3120. The van der Waals surface area contributed by atoms with Crippen LogP contribution >= 0.6 is 10.9 Å². The quantitative estimate of drug-likeness (QED) is 0.00689. The zero-order valence-corrected chi connectivity index (χ0v) is 36.2. The molecule has 0 saturated heterocycles. The molecule has 344 valence electrons. The summed E-state index contributed by atoms with van der Waals surface area (Å²) in [6.45, 7) is -0.905. The van der Waals surface area contributed by atoms with Crippen molar-refractivity contribution >= 4 is 97.8 Å². The number of sulfone groups is 1. The Kier molecular flexibility index (Phi) is 16.0. The van der Waals surface area contributed by atoms with Gasteiger partial charge in [0.15, 0.2) is 27.6 Å². The van der Waals surface area contributed by atoms with Gasteiger partial charge in [0.1, 0.15) is 16.6 Å². The maximum absolute atomic E-state index is 12.8. The van der Waals surface area contributed by atoms with E-state index in [0.717, 1.165) is 24.3 Å². The number of anilines is 5. The van der Waals surface area contributed by atoms with Gasteiger partial charge in [-0.05, 0) is 42.5 Å². The van der Waals surface area contributed by atoms with E-state index >= 15 is 0 Å². The van der Waals surface area contributed by atoms with Gasteiger partial charge in [-0.2, -0.15) is 45.5 Å². The average Bonchev–Trinajstić information content (AvgIpc) is 3.18. The van der Waals surface area contributed by atoms with E-state index < -0.39 is 119 Å². The predicted octanol–water partition coefficient (Wildman–Crippen LogP) is 4.77. The van der Waals surface area contributed by atoms with Crippen LogP contribution in [0.1, 0.15) is 5.56 Å². The number of phenols is 1. The van der Waals surface area contributed by atoms with Gasteiger partial charge in [0.2, 0.25) is 17.8 Å². The molecule has 27 nitrogen and oxygen atoms in total. The predicted molar refractivity (Wildman–Crippen MR) is 220 cm³/mol. The number of hydrogen-bond donors (Lipinski definition) is 10. The number of nitriles is 1. The number of aromatic hydroxyl groups is 1. The Morgan fingerprint density at radius 3 is 2.00 bits per heavy atom. The second-order valence-corrected chi connectivity index (χ2v) is 19.4. The zero-order valence-electron chi connectivity index (χ0n) is 31.2. The Morgan fingerprint density at radius 1 is 0.734 bits per heavy atom. The number of phenolic OH excluding ortho intramolecular Hbond substituents is 1. The van der Waals surface area contributed by atoms with Crippen molar-refractivity contribution in [1.29, 1.82) is 5.26 Å². The van der Waals surface area contributed by atoms with E-state index in [1.54, 1.807) is 12.3 Å². The molecule has 0 amide bonds. The Balaban J connectivity index is 0.00000898. The average molecular weight is 1030 g/mol. The first-order chi connectivity index (χ1) is 29.3. The van der Waals surface area contributed by atoms with Crippen molar-refractivity contribution in [1.82, 2.24) is 15.0 Å². The van der Waals surface area contributed by atoms with Crippen molar-refractivity contribution in [2.45, 2.75) is 19.6 Å². The van der Waals surface area contributed by atoms with Crippen LogP contribution in [0.4, 0.5) is 40.6 Å². The van der Waals surface area contributed by atoms with E-state index in [1.807, 2.05) is 0 Å². The molecule has 0 unspecified atom stereocenters. The minimum absolute atomic E-state index is 0. The fourth-order valence-corrected chi connectivity index (χ4v) is 7.96. The molecular weight excluding hydrogens is 1010 g/mol. The summed E-state index contributed by atoms with van der Waals surface area (Å²) in [7, 11) is -23.6. The molecular formula is C31H28CuN11O16S5. The van der Waals surface area contributed by atoms with E-state index in [2.05, 4.69) is 55.8 Å². The maximum Gasteiger partial charge on any atom is 1.00 e. The van der Waals surface area contributed by atoms with E-state index in [9.17, 15) is 66.8 Å². The van der Waals surface area contributed by atoms with Crippen molar-refractivity contribution < 1.29 is 87.3 Å². The molecule has 1 heterocycles. The van der Waals surface area contributed by atoms with Gasteiger partial charge in [0, 0.05) is 11.3 Å². The van der Waals surface area contributed by atoms with Gasteiger partial charge in [-0.1, -0.05) is 48.2 Å². The third kappa shape index (κ3) is 14.0. The van der Waals surface area contributed by atoms with Gasteiger partial charge in [-0.3, -0.25) is 19.0 Å². The Morgan fingerprint density at radius 2 is 1.39 bits per heavy atom. The first kappa shape index (κ1) is 50.7. The Hall–Kier alpha value is -5.96. The molecule has 0 aliphatic heterocycles. The molecule has 64 heavy (non-hydrogen) atoms. The van der Waals surface area contributed by atoms with Crippen LogP contribution in [0.2, 0.25) is 0 Å². The molecule has 33 heteroatoms. The van der Waals surface area contributed by atoms with E-state index in [4.69, 9.17) is 4.55 Å². The number of azo groups is 1. The SMILES string of the molecule is N#CNc1nc(Nc2cccc(S(=O)(=O)CCOS(=O)(=O)O)c2)nc(Nc2cc(S(=O)(=O)O)cc(N=N/C(=N\[N-]c3cc(S(O)(O)O)ccc3S(=O)(=O)O)c3ccccc3)c2O)n1.[Cu+]. The molecule has 4 aromatic carbocycles. The van der Waals surface area contributed by atoms with Crippen LogP contribution in [0, 0.1) is 11.5 Å². The molecule has 0 bridgehead atoms. The number of nitrogens with one attached hydrogen (secondary N) is 3. The number of benzene rings is 4. The topological polar surface area (TPSA) is 437 Å². The fraction of sp³-hybridized carbons (Fsp3) is 0.0645. The molecule has 0 aliphatic rings. The van der Waals surface area contributed by atoms with E-state index in [0.29, 0.717) is 18.2 Å². The number of hydrogen-bond acceptors (Lipinski definition) is 22. The summed E-state index contributed by atoms with van der Waals surface area (Å²) in [6.07, 6.45) is 1.56. The van der Waals surface area contributed by atoms with E-state index in [1.165, 1.54) is 36.4 Å². The smallest absolute Gasteiger partial charge is 0.573 e. The van der Waals surface area contributed by atoms with E-state index in [-0.39, 0.29) is 39.2 Å². The largest absolute Gasteiger partial charge is 1.00 e. The maximum atomic E-state index is 12.8. The van der Waals surface area contributed by atoms with Crippen molar-refractivity contribution in [3.63, 3.8) is 0 Å². The summed E-state index contributed by atoms with van der Waals surface area (Å²) < 4.78 is 158. The number of amidine groups is 1. The minimum Gasteiger partial charge on any atom is -0.573 e. The Labute approximate surface area is 374 Å². The van der Waals surface area contributed by atoms with Gasteiger partial charge in [0.05, 0.1) is 37.6 Å². The molecule has 0 atom stereocenters. The summed E-state index contributed by atoms with van der Waals surface area (Å²) in [5.74, 6) is -3.58. The number of aromatic nitrogens is 3. The van der Waals surface area contributed by atoms with Gasteiger partial charge in [-0.15, -0.1) is 10.2 Å². The summed E-state index contributed by atoms with van der Waals surface area (Å²) in [6, 6.07) is 15.9. The second kappa shape index (κ2) is 20.3. The third-order valence-electron chi connectivity index (χ3n) is 7.51. The summed E-state index contributed by atoms with van der Waals surface area (Å²) in [4.78, 5) is 9.27. The fourth-order valence-electron chi connectivity index (χ4n) is 4.78. The normalized spacial score (nSPS) is 12.8. The minimum atomic E-state index is -5.09. The van der Waals surface area contributed by atoms with Crippen LogP contribution in [0.15, 0.2) is 120 Å². The van der Waals surface area contributed by atoms with Crippen LogP contribution in [0.3, 0.4) is 0 Å². The molecule has 0 spiro atoms. The van der Waals surface area contributed by atoms with Gasteiger partial charge >= 0.3 is 27.5 Å². The van der Waals surface area contributed by atoms with Crippen molar-refractivity contribution in [3.8, 4) is 11.9 Å². The second-order valence-electron chi connectivity index (χ2n) is 11.9. The van der Waals surface area contributed by atoms with Crippen LogP contribution < -0.4 is 16.0 Å². The van der Waals surface area contributed by atoms with Crippen molar-refractivity contribution in [2.24, 2.45) is 15.3 Å². The van der Waals surface area contributed by atoms with Crippen LogP contribution in [-0.2, 0) is 61.7 Å². The molecule has 0 saturated carbocycles. The first-order valence-corrected chi connectivity index (χ1v) is 23.8. The molecule has 5 aromatic rings. The summed E-state index contributed by atoms with van der Waals surface area (Å²) >= 11 is 0. The number of rotatable bonds is 17. The van der Waals surface area contributed by atoms with Crippen LogP contribution in [0.25, 0.3) is 5.43 Å². The van der Waals surface area contributed by atoms with Crippen molar-refractivity contribution in [2.75, 3.05) is 28.3 Å². The third-order valence-corrected chi connectivity index (χ3v) is 12.3. The summed E-state index contributed by atoms with van der Waals surface area (Å²) in [5, 5.41) is 39.4. The first-order valence-electron chi connectivity index (χ1n) is 16.4. The van der Waals surface area contributed by atoms with Crippen LogP contribution in [-0.4, -0.2) is 99.2 Å². The standard InChI is InChI=1S/C31H28N11O16S5.Cu/c32-17-33-29-36-30(34-19-7-4-8-20(13-19)59(44,45)12-11-58-63(55,56)57)38-31(37-29)35-24-15-22(61(49,50)51)16-25(27(24)43)40-42-28(18-5-2-1-3-6-18)41-39-23-14-21(60(46,47)48)9-10-26(23)62(52,53)54;/h1-10,13-16H,11-12H2,(H10-,33,34,35,36,37,38,39,40,41,42,43,46,47,48,49,50,51,52,53,54,55,56,57);/q-1;+1.